The zero-order chi connectivity index (χ0) is 25.9. The number of aromatic nitrogens is 1. The number of amides is 2. The summed E-state index contributed by atoms with van der Waals surface area (Å²) in [4.78, 5) is 42.1. The maximum Gasteiger partial charge on any atom is 0.328 e. The van der Waals surface area contributed by atoms with Crippen LogP contribution in [-0.4, -0.2) is 54.0 Å². The number of rotatable bonds is 6. The predicted octanol–water partition coefficient (Wildman–Crippen LogP) is 1.93. The molecule has 2 amide bonds. The molecule has 1 aliphatic rings. The molecule has 11 heteroatoms. The van der Waals surface area contributed by atoms with Gasteiger partial charge in [-0.25, -0.2) is 4.79 Å². The van der Waals surface area contributed by atoms with Crippen LogP contribution in [-0.2, 0) is 32.1 Å². The van der Waals surface area contributed by atoms with Gasteiger partial charge in [0, 0.05) is 36.6 Å². The van der Waals surface area contributed by atoms with Crippen molar-refractivity contribution in [2.45, 2.75) is 63.6 Å². The SMILES string of the molecule is COC(=O)[C@@H]1C/C=C/Cn2cc(c3ccccc32)CCCC(=O)N[C@H](CCCCN=C(N)N)C(=O)N1.Cl. The van der Waals surface area contributed by atoms with E-state index in [1.807, 2.05) is 24.3 Å². The number of carbonyl (C=O) groups excluding carboxylic acids is 3. The van der Waals surface area contributed by atoms with E-state index in [-0.39, 0.29) is 37.1 Å². The van der Waals surface area contributed by atoms with Crippen molar-refractivity contribution in [1.29, 1.82) is 0 Å². The van der Waals surface area contributed by atoms with E-state index in [1.165, 1.54) is 18.1 Å². The number of methoxy groups -OCH3 is 1. The second kappa shape index (κ2) is 14.9. The molecule has 0 spiro atoms. The van der Waals surface area contributed by atoms with Crippen LogP contribution in [0.15, 0.2) is 47.6 Å². The molecule has 3 rings (SSSR count). The number of aliphatic imine (C=N–C) groups is 1. The Balaban J connectivity index is 0.00000481. The Hall–Kier alpha value is -3.53. The van der Waals surface area contributed by atoms with Crippen molar-refractivity contribution in [2.24, 2.45) is 16.5 Å². The minimum atomic E-state index is -0.857. The number of nitrogens with zero attached hydrogens (tertiary/aromatic N) is 2. The second-order valence-electron chi connectivity index (χ2n) is 8.89. The first-order valence-corrected chi connectivity index (χ1v) is 12.3. The summed E-state index contributed by atoms with van der Waals surface area (Å²) in [6.07, 6.45) is 9.61. The fourth-order valence-corrected chi connectivity index (χ4v) is 4.37. The summed E-state index contributed by atoms with van der Waals surface area (Å²) in [5.41, 5.74) is 13.0. The average molecular weight is 533 g/mol. The molecule has 1 aromatic heterocycles. The number of benzene rings is 1. The Morgan fingerprint density at radius 1 is 1.14 bits per heavy atom. The summed E-state index contributed by atoms with van der Waals surface area (Å²) in [6.45, 7) is 1.06. The number of hydrogen-bond acceptors (Lipinski definition) is 5. The summed E-state index contributed by atoms with van der Waals surface area (Å²) < 4.78 is 7.05. The monoisotopic (exact) mass is 532 g/mol. The van der Waals surface area contributed by atoms with Crippen molar-refractivity contribution in [1.82, 2.24) is 15.2 Å². The first-order chi connectivity index (χ1) is 17.4. The van der Waals surface area contributed by atoms with Gasteiger partial charge in [0.25, 0.3) is 0 Å². The molecule has 0 saturated carbocycles. The summed E-state index contributed by atoms with van der Waals surface area (Å²) >= 11 is 0. The number of nitrogens with one attached hydrogen (secondary N) is 2. The van der Waals surface area contributed by atoms with E-state index in [1.54, 1.807) is 0 Å². The van der Waals surface area contributed by atoms with Crippen LogP contribution < -0.4 is 22.1 Å². The molecule has 6 N–H and O–H groups in total. The Bertz CT molecular complexity index is 1130. The van der Waals surface area contributed by atoms with E-state index < -0.39 is 24.0 Å². The molecule has 37 heavy (non-hydrogen) atoms. The summed E-state index contributed by atoms with van der Waals surface area (Å²) in [7, 11) is 1.29. The molecule has 2 aromatic rings. The lowest BCUT2D eigenvalue weighted by atomic mass is 10.1. The number of aryl methyl sites for hydroxylation is 1. The fraction of sp³-hybridized carbons (Fsp3) is 0.462. The van der Waals surface area contributed by atoms with Crippen LogP contribution in [0.3, 0.4) is 0 Å². The van der Waals surface area contributed by atoms with E-state index >= 15 is 0 Å². The van der Waals surface area contributed by atoms with E-state index in [2.05, 4.69) is 38.5 Å². The number of halogens is 1. The summed E-state index contributed by atoms with van der Waals surface area (Å²) in [5, 5.41) is 6.77. The standard InChI is InChI=1S/C26H36N6O4.ClH/c1-36-25(35)21-12-5-7-16-32-17-18(19-10-2-3-13-22(19)32)9-8-14-23(33)30-20(24(34)31-21)11-4-6-15-29-26(27)28;/h2-3,5,7,10,13,17,20-21H,4,6,8-9,11-12,14-16H2,1H3,(H,30,33)(H,31,34)(H4,27,28,29);1H/b7-5+;/t20-,21+;/m1./s1. The van der Waals surface area contributed by atoms with Crippen LogP contribution in [0.5, 0.6) is 0 Å². The van der Waals surface area contributed by atoms with Gasteiger partial charge in [-0.15, -0.1) is 12.4 Å². The zero-order valence-electron chi connectivity index (χ0n) is 21.2. The smallest absolute Gasteiger partial charge is 0.328 e. The fourth-order valence-electron chi connectivity index (χ4n) is 4.37. The average Bonchev–Trinajstić information content (AvgIpc) is 3.21. The van der Waals surface area contributed by atoms with Gasteiger partial charge in [0.05, 0.1) is 7.11 Å². The Morgan fingerprint density at radius 3 is 2.68 bits per heavy atom. The zero-order valence-corrected chi connectivity index (χ0v) is 22.0. The molecule has 0 saturated heterocycles. The molecule has 202 valence electrons. The van der Waals surface area contributed by atoms with Gasteiger partial charge in [-0.3, -0.25) is 14.6 Å². The van der Waals surface area contributed by atoms with Crippen molar-refractivity contribution in [3.8, 4) is 0 Å². The normalized spacial score (nSPS) is 19.7. The van der Waals surface area contributed by atoms with Gasteiger partial charge < -0.3 is 31.4 Å². The molecule has 0 radical (unpaired) electrons. The number of para-hydroxylation sites is 1. The van der Waals surface area contributed by atoms with Crippen molar-refractivity contribution < 1.29 is 19.1 Å². The van der Waals surface area contributed by atoms with E-state index in [9.17, 15) is 14.4 Å². The van der Waals surface area contributed by atoms with Gasteiger partial charge in [-0.1, -0.05) is 30.4 Å². The molecular weight excluding hydrogens is 496 g/mol. The van der Waals surface area contributed by atoms with Gasteiger partial charge >= 0.3 is 5.97 Å². The Labute approximate surface area is 223 Å². The van der Waals surface area contributed by atoms with Crippen molar-refractivity contribution in [3.05, 3.63) is 48.2 Å². The van der Waals surface area contributed by atoms with Crippen molar-refractivity contribution in [2.75, 3.05) is 13.7 Å². The number of fused-ring (bicyclic) bond motifs is 5. The number of ether oxygens (including phenoxy) is 1. The highest BCUT2D eigenvalue weighted by Gasteiger charge is 2.26. The van der Waals surface area contributed by atoms with Crippen LogP contribution in [0.25, 0.3) is 10.9 Å². The van der Waals surface area contributed by atoms with E-state index in [0.717, 1.165) is 11.9 Å². The summed E-state index contributed by atoms with van der Waals surface area (Å²) in [6, 6.07) is 6.54. The number of esters is 1. The highest BCUT2D eigenvalue weighted by molar-refractivity contribution is 5.91. The first-order valence-electron chi connectivity index (χ1n) is 12.3. The lowest BCUT2D eigenvalue weighted by molar-refractivity contribution is -0.145. The van der Waals surface area contributed by atoms with E-state index in [0.29, 0.717) is 38.8 Å². The van der Waals surface area contributed by atoms with Gasteiger partial charge in [0.1, 0.15) is 12.1 Å². The van der Waals surface area contributed by atoms with E-state index in [4.69, 9.17) is 16.2 Å². The third kappa shape index (κ3) is 8.82. The maximum absolute atomic E-state index is 13.1. The van der Waals surface area contributed by atoms with Gasteiger partial charge in [-0.2, -0.15) is 0 Å². The van der Waals surface area contributed by atoms with Crippen molar-refractivity contribution >= 4 is 47.1 Å². The van der Waals surface area contributed by atoms with Crippen LogP contribution in [0.2, 0.25) is 0 Å². The molecule has 0 fully saturated rings. The van der Waals surface area contributed by atoms with Crippen LogP contribution in [0, 0.1) is 0 Å². The molecule has 2 heterocycles. The molecule has 0 unspecified atom stereocenters. The molecule has 0 aliphatic carbocycles. The molecule has 10 nitrogen and oxygen atoms in total. The largest absolute Gasteiger partial charge is 0.467 e. The highest BCUT2D eigenvalue weighted by Crippen LogP contribution is 2.23. The van der Waals surface area contributed by atoms with Gasteiger partial charge in [0.2, 0.25) is 11.8 Å². The molecule has 2 bridgehead atoms. The van der Waals surface area contributed by atoms with Crippen molar-refractivity contribution in [3.63, 3.8) is 0 Å². The summed E-state index contributed by atoms with van der Waals surface area (Å²) in [5.74, 6) is -1.15. The third-order valence-electron chi connectivity index (χ3n) is 6.21. The number of guanidine groups is 1. The molecule has 1 aliphatic heterocycles. The predicted molar refractivity (Wildman–Crippen MR) is 146 cm³/mol. The number of hydrogen-bond donors (Lipinski definition) is 4. The topological polar surface area (TPSA) is 154 Å². The van der Waals surface area contributed by atoms with Crippen LogP contribution in [0.4, 0.5) is 0 Å². The number of nitrogens with two attached hydrogens (primary N) is 2. The minimum Gasteiger partial charge on any atom is -0.467 e. The molecular formula is C26H37ClN6O4. The van der Waals surface area contributed by atoms with Crippen LogP contribution >= 0.6 is 12.4 Å². The number of unbranched alkanes of at least 4 members (excludes halogenated alkanes) is 1. The minimum absolute atomic E-state index is 0. The van der Waals surface area contributed by atoms with Gasteiger partial charge in [0.15, 0.2) is 5.96 Å². The Morgan fingerprint density at radius 2 is 1.92 bits per heavy atom. The maximum atomic E-state index is 13.1. The first kappa shape index (κ1) is 29.7. The lowest BCUT2D eigenvalue weighted by Gasteiger charge is -2.22. The second-order valence-corrected chi connectivity index (χ2v) is 8.89. The lowest BCUT2D eigenvalue weighted by Crippen LogP contribution is -2.51. The molecule has 2 atom stereocenters. The quantitative estimate of drug-likeness (QED) is 0.146. The molecule has 1 aromatic carbocycles. The van der Waals surface area contributed by atoms with Crippen LogP contribution in [0.1, 0.15) is 44.1 Å². The Kier molecular flexibility index (Phi) is 12.0. The van der Waals surface area contributed by atoms with Gasteiger partial charge in [-0.05, 0) is 50.2 Å². The number of carbonyl (C=O) groups is 3. The highest BCUT2D eigenvalue weighted by atomic mass is 35.5. The number of allylic oxidation sites excluding steroid dienone is 1. The third-order valence-corrected chi connectivity index (χ3v) is 6.21.